The molecular weight excluding hydrogens is 448 g/mol. The molecule has 1 aliphatic heterocycles. The molecule has 0 radical (unpaired) electrons. The van der Waals surface area contributed by atoms with Crippen LogP contribution in [0.3, 0.4) is 0 Å². The van der Waals surface area contributed by atoms with Gasteiger partial charge in [0.1, 0.15) is 12.6 Å². The monoisotopic (exact) mass is 480 g/mol. The Labute approximate surface area is 205 Å². The van der Waals surface area contributed by atoms with Crippen molar-refractivity contribution < 1.29 is 29.0 Å². The van der Waals surface area contributed by atoms with Crippen LogP contribution < -0.4 is 5.32 Å². The van der Waals surface area contributed by atoms with Crippen LogP contribution in [0.2, 0.25) is 0 Å². The lowest BCUT2D eigenvalue weighted by Crippen LogP contribution is -2.54. The number of ether oxygens (including phenoxy) is 2. The minimum Gasteiger partial charge on any atom is -0.481 e. The fourth-order valence-corrected chi connectivity index (χ4v) is 5.18. The fourth-order valence-electron chi connectivity index (χ4n) is 5.18. The Hall–Kier alpha value is -3.39. The Bertz CT molecular complexity index is 1060. The third-order valence-corrected chi connectivity index (χ3v) is 7.24. The summed E-state index contributed by atoms with van der Waals surface area (Å²) in [6.07, 6.45) is -1.27. The molecule has 35 heavy (non-hydrogen) atoms. The second-order valence-corrected chi connectivity index (χ2v) is 9.47. The first-order valence-electron chi connectivity index (χ1n) is 11.9. The SMILES string of the molecule is COC(C)C(NC(=O)OCC1c2ccccc2-c2ccccc21)C(=O)N1C[C@@H](CC(=O)O)[C@H](C)C1. The predicted molar refractivity (Wildman–Crippen MR) is 130 cm³/mol. The quantitative estimate of drug-likeness (QED) is 0.599. The van der Waals surface area contributed by atoms with Crippen molar-refractivity contribution in [3.63, 3.8) is 0 Å². The lowest BCUT2D eigenvalue weighted by atomic mass is 9.95. The first-order chi connectivity index (χ1) is 16.8. The van der Waals surface area contributed by atoms with Gasteiger partial charge in [0.25, 0.3) is 0 Å². The van der Waals surface area contributed by atoms with Crippen LogP contribution in [0.5, 0.6) is 0 Å². The van der Waals surface area contributed by atoms with Gasteiger partial charge in [0.15, 0.2) is 0 Å². The van der Waals surface area contributed by atoms with Crippen molar-refractivity contribution in [2.45, 2.75) is 38.3 Å². The molecule has 0 spiro atoms. The van der Waals surface area contributed by atoms with E-state index in [2.05, 4.69) is 17.4 Å². The van der Waals surface area contributed by atoms with Crippen molar-refractivity contribution >= 4 is 18.0 Å². The van der Waals surface area contributed by atoms with Crippen LogP contribution in [0, 0.1) is 11.8 Å². The van der Waals surface area contributed by atoms with Gasteiger partial charge < -0.3 is 24.8 Å². The first-order valence-corrected chi connectivity index (χ1v) is 11.9. The highest BCUT2D eigenvalue weighted by molar-refractivity contribution is 5.87. The zero-order chi connectivity index (χ0) is 25.1. The van der Waals surface area contributed by atoms with Crippen LogP contribution in [0.15, 0.2) is 48.5 Å². The maximum atomic E-state index is 13.3. The van der Waals surface area contributed by atoms with E-state index in [4.69, 9.17) is 14.6 Å². The molecule has 2 amide bonds. The number of amides is 2. The Morgan fingerprint density at radius 2 is 1.66 bits per heavy atom. The normalized spacial score (nSPS) is 20.6. The summed E-state index contributed by atoms with van der Waals surface area (Å²) in [5.74, 6) is -1.33. The maximum absolute atomic E-state index is 13.3. The minimum absolute atomic E-state index is 0.00918. The molecule has 1 saturated heterocycles. The zero-order valence-electron chi connectivity index (χ0n) is 20.3. The van der Waals surface area contributed by atoms with Crippen molar-refractivity contribution in [3.8, 4) is 11.1 Å². The number of carboxylic acids is 1. The molecule has 1 aliphatic carbocycles. The molecule has 2 unspecified atom stereocenters. The highest BCUT2D eigenvalue weighted by atomic mass is 16.5. The molecule has 186 valence electrons. The molecule has 0 aromatic heterocycles. The van der Waals surface area contributed by atoms with E-state index in [-0.39, 0.29) is 36.7 Å². The molecule has 8 nitrogen and oxygen atoms in total. The molecule has 1 heterocycles. The molecule has 2 aromatic carbocycles. The number of benzene rings is 2. The van der Waals surface area contributed by atoms with E-state index >= 15 is 0 Å². The van der Waals surface area contributed by atoms with Gasteiger partial charge in [-0.05, 0) is 41.0 Å². The van der Waals surface area contributed by atoms with Gasteiger partial charge >= 0.3 is 12.1 Å². The van der Waals surface area contributed by atoms with Crippen molar-refractivity contribution in [2.24, 2.45) is 11.8 Å². The zero-order valence-corrected chi connectivity index (χ0v) is 20.3. The molecule has 4 atom stereocenters. The van der Waals surface area contributed by atoms with E-state index < -0.39 is 24.2 Å². The van der Waals surface area contributed by atoms with Gasteiger partial charge in [0.05, 0.1) is 12.5 Å². The number of methoxy groups -OCH3 is 1. The fraction of sp³-hybridized carbons (Fsp3) is 0.444. The number of carbonyl (C=O) groups is 3. The molecule has 0 saturated carbocycles. The average Bonchev–Trinajstić information content (AvgIpc) is 3.37. The highest BCUT2D eigenvalue weighted by Crippen LogP contribution is 2.44. The topological polar surface area (TPSA) is 105 Å². The number of carboxylic acid groups (broad SMARTS) is 1. The molecule has 2 N–H and O–H groups in total. The van der Waals surface area contributed by atoms with Gasteiger partial charge in [-0.1, -0.05) is 55.5 Å². The second kappa shape index (κ2) is 10.5. The van der Waals surface area contributed by atoms with E-state index in [0.717, 1.165) is 22.3 Å². The van der Waals surface area contributed by atoms with Crippen LogP contribution in [0.4, 0.5) is 4.79 Å². The molecule has 2 aromatic rings. The summed E-state index contributed by atoms with van der Waals surface area (Å²) < 4.78 is 11.0. The number of nitrogens with one attached hydrogen (secondary N) is 1. The number of nitrogens with zero attached hydrogens (tertiary/aromatic N) is 1. The van der Waals surface area contributed by atoms with E-state index in [9.17, 15) is 14.4 Å². The number of hydrogen-bond acceptors (Lipinski definition) is 5. The molecule has 1 fully saturated rings. The van der Waals surface area contributed by atoms with E-state index in [1.54, 1.807) is 11.8 Å². The molecule has 2 aliphatic rings. The van der Waals surface area contributed by atoms with Crippen molar-refractivity contribution in [2.75, 3.05) is 26.8 Å². The third kappa shape index (κ3) is 5.17. The summed E-state index contributed by atoms with van der Waals surface area (Å²) in [7, 11) is 1.48. The van der Waals surface area contributed by atoms with Crippen LogP contribution >= 0.6 is 0 Å². The summed E-state index contributed by atoms with van der Waals surface area (Å²) in [5, 5.41) is 11.8. The van der Waals surface area contributed by atoms with Gasteiger partial charge in [-0.25, -0.2) is 4.79 Å². The van der Waals surface area contributed by atoms with Crippen molar-refractivity contribution in [1.82, 2.24) is 10.2 Å². The van der Waals surface area contributed by atoms with Gasteiger partial charge in [0.2, 0.25) is 5.91 Å². The summed E-state index contributed by atoms with van der Waals surface area (Å²) >= 11 is 0. The van der Waals surface area contributed by atoms with Crippen molar-refractivity contribution in [3.05, 3.63) is 59.7 Å². The van der Waals surface area contributed by atoms with Gasteiger partial charge in [-0.2, -0.15) is 0 Å². The summed E-state index contributed by atoms with van der Waals surface area (Å²) in [6.45, 7) is 4.57. The van der Waals surface area contributed by atoms with E-state index in [0.29, 0.717) is 13.1 Å². The van der Waals surface area contributed by atoms with Crippen LogP contribution in [0.1, 0.15) is 37.3 Å². The number of rotatable bonds is 8. The van der Waals surface area contributed by atoms with E-state index in [1.807, 2.05) is 43.3 Å². The Balaban J connectivity index is 1.42. The first kappa shape index (κ1) is 24.7. The maximum Gasteiger partial charge on any atom is 0.407 e. The molecular formula is C27H32N2O6. The molecule has 4 rings (SSSR count). The second-order valence-electron chi connectivity index (χ2n) is 9.47. The van der Waals surface area contributed by atoms with Crippen LogP contribution in [-0.4, -0.2) is 66.9 Å². The Kier molecular flexibility index (Phi) is 7.40. The number of fused-ring (bicyclic) bond motifs is 3. The average molecular weight is 481 g/mol. The molecule has 8 heteroatoms. The van der Waals surface area contributed by atoms with Gasteiger partial charge in [-0.3, -0.25) is 9.59 Å². The number of alkyl carbamates (subject to hydrolysis) is 1. The van der Waals surface area contributed by atoms with Crippen LogP contribution in [0.25, 0.3) is 11.1 Å². The molecule has 0 bridgehead atoms. The highest BCUT2D eigenvalue weighted by Gasteiger charge is 2.39. The lowest BCUT2D eigenvalue weighted by Gasteiger charge is -2.28. The number of hydrogen-bond donors (Lipinski definition) is 2. The Morgan fingerprint density at radius 1 is 1.06 bits per heavy atom. The summed E-state index contributed by atoms with van der Waals surface area (Å²) in [6, 6.07) is 15.2. The lowest BCUT2D eigenvalue weighted by molar-refractivity contribution is -0.139. The third-order valence-electron chi connectivity index (χ3n) is 7.24. The van der Waals surface area contributed by atoms with E-state index in [1.165, 1.54) is 7.11 Å². The largest absolute Gasteiger partial charge is 0.481 e. The van der Waals surface area contributed by atoms with Gasteiger partial charge in [-0.15, -0.1) is 0 Å². The Morgan fingerprint density at radius 3 is 2.23 bits per heavy atom. The van der Waals surface area contributed by atoms with Gasteiger partial charge in [0, 0.05) is 26.1 Å². The summed E-state index contributed by atoms with van der Waals surface area (Å²) in [5.41, 5.74) is 4.49. The number of carbonyl (C=O) groups excluding carboxylic acids is 2. The van der Waals surface area contributed by atoms with Crippen molar-refractivity contribution in [1.29, 1.82) is 0 Å². The predicted octanol–water partition coefficient (Wildman–Crippen LogP) is 3.50. The smallest absolute Gasteiger partial charge is 0.407 e. The number of aliphatic carboxylic acids is 1. The standard InChI is InChI=1S/C27H32N2O6/c1-16-13-29(14-18(16)12-24(30)31)26(32)25(17(2)34-3)28-27(33)35-15-23-21-10-6-4-8-19(21)20-9-5-7-11-22(20)23/h4-11,16-18,23,25H,12-15H2,1-3H3,(H,28,33)(H,30,31)/t16-,17?,18-,25?/m1/s1. The van der Waals surface area contributed by atoms with Crippen LogP contribution in [-0.2, 0) is 19.1 Å². The number of likely N-dealkylation sites (tertiary alicyclic amines) is 1. The summed E-state index contributed by atoms with van der Waals surface area (Å²) in [4.78, 5) is 38.8. The minimum atomic E-state index is -0.938.